The van der Waals surface area contributed by atoms with Crippen molar-refractivity contribution in [2.24, 2.45) is 5.73 Å². The molecule has 0 aliphatic carbocycles. The number of esters is 1. The van der Waals surface area contributed by atoms with E-state index in [1.54, 1.807) is 31.4 Å². The highest BCUT2D eigenvalue weighted by Crippen LogP contribution is 2.28. The third-order valence-corrected chi connectivity index (χ3v) is 2.59. The van der Waals surface area contributed by atoms with Crippen LogP contribution in [0.3, 0.4) is 0 Å². The first-order valence-corrected chi connectivity index (χ1v) is 6.46. The van der Waals surface area contributed by atoms with E-state index in [2.05, 4.69) is 0 Å². The SMILES string of the molecule is CCOc1cc(/C=C/C(=O)O[C@@H](C)C(N)=O)ccc1OC. The van der Waals surface area contributed by atoms with Crippen LogP contribution in [0.15, 0.2) is 24.3 Å². The van der Waals surface area contributed by atoms with Gasteiger partial charge in [-0.3, -0.25) is 4.79 Å². The normalized spacial score (nSPS) is 12.0. The van der Waals surface area contributed by atoms with Gasteiger partial charge in [-0.15, -0.1) is 0 Å². The molecule has 0 unspecified atom stereocenters. The van der Waals surface area contributed by atoms with E-state index in [0.717, 1.165) is 5.56 Å². The van der Waals surface area contributed by atoms with Crippen molar-refractivity contribution in [1.29, 1.82) is 0 Å². The van der Waals surface area contributed by atoms with E-state index in [-0.39, 0.29) is 0 Å². The maximum Gasteiger partial charge on any atom is 0.331 e. The quantitative estimate of drug-likeness (QED) is 0.608. The summed E-state index contributed by atoms with van der Waals surface area (Å²) in [5.41, 5.74) is 5.74. The smallest absolute Gasteiger partial charge is 0.331 e. The summed E-state index contributed by atoms with van der Waals surface area (Å²) in [6.45, 7) is 3.78. The van der Waals surface area contributed by atoms with Gasteiger partial charge in [-0.1, -0.05) is 6.07 Å². The van der Waals surface area contributed by atoms with E-state index in [4.69, 9.17) is 19.9 Å². The summed E-state index contributed by atoms with van der Waals surface area (Å²) in [5, 5.41) is 0. The van der Waals surface area contributed by atoms with Gasteiger partial charge in [0.25, 0.3) is 5.91 Å². The molecule has 0 fully saturated rings. The van der Waals surface area contributed by atoms with Gasteiger partial charge in [-0.2, -0.15) is 0 Å². The van der Waals surface area contributed by atoms with Crippen molar-refractivity contribution >= 4 is 18.0 Å². The highest BCUT2D eigenvalue weighted by Gasteiger charge is 2.12. The number of ether oxygens (including phenoxy) is 3. The number of rotatable bonds is 7. The molecule has 1 aromatic rings. The van der Waals surface area contributed by atoms with Crippen LogP contribution in [-0.4, -0.2) is 31.7 Å². The summed E-state index contributed by atoms with van der Waals surface area (Å²) in [5.74, 6) is -0.144. The minimum atomic E-state index is -0.961. The molecule has 0 aromatic heterocycles. The van der Waals surface area contributed by atoms with Crippen LogP contribution in [0.4, 0.5) is 0 Å². The highest BCUT2D eigenvalue weighted by molar-refractivity contribution is 5.90. The zero-order chi connectivity index (χ0) is 15.8. The molecule has 21 heavy (non-hydrogen) atoms. The van der Waals surface area contributed by atoms with Crippen LogP contribution in [0.2, 0.25) is 0 Å². The molecule has 6 heteroatoms. The Hall–Kier alpha value is -2.50. The fourth-order valence-electron chi connectivity index (χ4n) is 1.50. The van der Waals surface area contributed by atoms with E-state index in [0.29, 0.717) is 18.1 Å². The van der Waals surface area contributed by atoms with Crippen molar-refractivity contribution in [3.63, 3.8) is 0 Å². The first-order chi connectivity index (χ1) is 9.97. The molecule has 0 aliphatic rings. The number of carbonyl (C=O) groups is 2. The van der Waals surface area contributed by atoms with Crippen LogP contribution in [0.5, 0.6) is 11.5 Å². The molecule has 0 aliphatic heterocycles. The van der Waals surface area contributed by atoms with E-state index in [1.807, 2.05) is 6.92 Å². The fourth-order valence-corrected chi connectivity index (χ4v) is 1.50. The van der Waals surface area contributed by atoms with E-state index >= 15 is 0 Å². The number of hydrogen-bond donors (Lipinski definition) is 1. The monoisotopic (exact) mass is 293 g/mol. The molecule has 1 rings (SSSR count). The summed E-state index contributed by atoms with van der Waals surface area (Å²) in [6.07, 6.45) is 1.81. The van der Waals surface area contributed by atoms with Crippen molar-refractivity contribution < 1.29 is 23.8 Å². The molecule has 114 valence electrons. The van der Waals surface area contributed by atoms with Gasteiger partial charge in [0.1, 0.15) is 0 Å². The molecule has 1 amide bonds. The minimum Gasteiger partial charge on any atom is -0.493 e. The first kappa shape index (κ1) is 16.6. The average Bonchev–Trinajstić information content (AvgIpc) is 2.45. The van der Waals surface area contributed by atoms with Gasteiger partial charge in [0.15, 0.2) is 17.6 Å². The molecule has 0 spiro atoms. The lowest BCUT2D eigenvalue weighted by atomic mass is 10.2. The van der Waals surface area contributed by atoms with Crippen LogP contribution in [0.25, 0.3) is 6.08 Å². The molecule has 0 saturated heterocycles. The predicted molar refractivity (Wildman–Crippen MR) is 77.9 cm³/mol. The highest BCUT2D eigenvalue weighted by atomic mass is 16.5. The Morgan fingerprint density at radius 3 is 2.62 bits per heavy atom. The largest absolute Gasteiger partial charge is 0.493 e. The Labute approximate surface area is 123 Å². The molecule has 2 N–H and O–H groups in total. The Morgan fingerprint density at radius 2 is 2.05 bits per heavy atom. The third-order valence-electron chi connectivity index (χ3n) is 2.59. The lowest BCUT2D eigenvalue weighted by Crippen LogP contribution is -2.29. The van der Waals surface area contributed by atoms with Crippen molar-refractivity contribution in [1.82, 2.24) is 0 Å². The van der Waals surface area contributed by atoms with Gasteiger partial charge in [-0.25, -0.2) is 4.79 Å². The van der Waals surface area contributed by atoms with E-state index < -0.39 is 18.0 Å². The molecule has 0 radical (unpaired) electrons. The maximum absolute atomic E-state index is 11.5. The van der Waals surface area contributed by atoms with E-state index in [1.165, 1.54) is 13.0 Å². The average molecular weight is 293 g/mol. The molecule has 0 heterocycles. The number of benzene rings is 1. The number of primary amides is 1. The Bertz CT molecular complexity index is 539. The molecule has 0 saturated carbocycles. The van der Waals surface area contributed by atoms with Gasteiger partial charge in [0.05, 0.1) is 13.7 Å². The molecule has 1 atom stereocenters. The Morgan fingerprint density at radius 1 is 1.33 bits per heavy atom. The minimum absolute atomic E-state index is 0.502. The molecular weight excluding hydrogens is 274 g/mol. The second-order valence-corrected chi connectivity index (χ2v) is 4.16. The fraction of sp³-hybridized carbons (Fsp3) is 0.333. The van der Waals surface area contributed by atoms with Crippen molar-refractivity contribution in [3.05, 3.63) is 29.8 Å². The van der Waals surface area contributed by atoms with Crippen LogP contribution in [0.1, 0.15) is 19.4 Å². The van der Waals surface area contributed by atoms with Crippen LogP contribution in [-0.2, 0) is 14.3 Å². The van der Waals surface area contributed by atoms with E-state index in [9.17, 15) is 9.59 Å². The Kier molecular flexibility index (Phi) is 6.26. The van der Waals surface area contributed by atoms with Crippen molar-refractivity contribution in [2.75, 3.05) is 13.7 Å². The van der Waals surface area contributed by atoms with Gasteiger partial charge in [-0.05, 0) is 37.6 Å². The molecule has 1 aromatic carbocycles. The predicted octanol–water partition coefficient (Wildman–Crippen LogP) is 1.52. The summed E-state index contributed by atoms with van der Waals surface area (Å²) in [7, 11) is 1.55. The van der Waals surface area contributed by atoms with Crippen LogP contribution in [0, 0.1) is 0 Å². The summed E-state index contributed by atoms with van der Waals surface area (Å²) < 4.78 is 15.4. The van der Waals surface area contributed by atoms with Gasteiger partial charge < -0.3 is 19.9 Å². The van der Waals surface area contributed by atoms with Gasteiger partial charge in [0.2, 0.25) is 0 Å². The van der Waals surface area contributed by atoms with Crippen LogP contribution < -0.4 is 15.2 Å². The number of nitrogens with two attached hydrogens (primary N) is 1. The lowest BCUT2D eigenvalue weighted by Gasteiger charge is -2.09. The van der Waals surface area contributed by atoms with Gasteiger partial charge in [0, 0.05) is 6.08 Å². The second kappa shape index (κ2) is 7.94. The van der Waals surface area contributed by atoms with Crippen molar-refractivity contribution in [2.45, 2.75) is 20.0 Å². The molecular formula is C15H19NO5. The first-order valence-electron chi connectivity index (χ1n) is 6.46. The number of hydrogen-bond acceptors (Lipinski definition) is 5. The number of methoxy groups -OCH3 is 1. The zero-order valence-corrected chi connectivity index (χ0v) is 12.3. The summed E-state index contributed by atoms with van der Waals surface area (Å²) in [4.78, 5) is 22.3. The second-order valence-electron chi connectivity index (χ2n) is 4.16. The third kappa shape index (κ3) is 5.18. The topological polar surface area (TPSA) is 87.9 Å². The zero-order valence-electron chi connectivity index (χ0n) is 12.3. The van der Waals surface area contributed by atoms with Gasteiger partial charge >= 0.3 is 5.97 Å². The van der Waals surface area contributed by atoms with Crippen LogP contribution >= 0.6 is 0 Å². The maximum atomic E-state index is 11.5. The number of carbonyl (C=O) groups excluding carboxylic acids is 2. The standard InChI is InChI=1S/C15H19NO5/c1-4-20-13-9-11(5-7-12(13)19-3)6-8-14(17)21-10(2)15(16)18/h5-10H,4H2,1-3H3,(H2,16,18)/b8-6+/t10-/m0/s1. The van der Waals surface area contributed by atoms with Crippen molar-refractivity contribution in [3.8, 4) is 11.5 Å². The lowest BCUT2D eigenvalue weighted by molar-refractivity contribution is -0.148. The summed E-state index contributed by atoms with van der Waals surface area (Å²) >= 11 is 0. The Balaban J connectivity index is 2.78. The molecule has 6 nitrogen and oxygen atoms in total. The number of amides is 1. The molecule has 0 bridgehead atoms. The summed E-state index contributed by atoms with van der Waals surface area (Å²) in [6, 6.07) is 5.24.